The van der Waals surface area contributed by atoms with Gasteiger partial charge in [-0.15, -0.1) is 0 Å². The van der Waals surface area contributed by atoms with Crippen molar-refractivity contribution in [2.75, 3.05) is 65.7 Å². The van der Waals surface area contributed by atoms with Crippen LogP contribution in [0.2, 0.25) is 10.0 Å². The van der Waals surface area contributed by atoms with Crippen LogP contribution in [0.3, 0.4) is 0 Å². The number of fused-ring (bicyclic) bond motifs is 4. The summed E-state index contributed by atoms with van der Waals surface area (Å²) in [5.41, 5.74) is 2.09. The minimum Gasteiger partial charge on any atom is -0.486 e. The Morgan fingerprint density at radius 3 is 1.60 bits per heavy atom. The van der Waals surface area contributed by atoms with E-state index >= 15 is 0 Å². The number of likely N-dealkylation sites (tertiary alicyclic amines) is 2. The lowest BCUT2D eigenvalue weighted by Crippen LogP contribution is -2.49. The zero-order valence-electron chi connectivity index (χ0n) is 41.5. The second-order valence-electron chi connectivity index (χ2n) is 19.9. The summed E-state index contributed by atoms with van der Waals surface area (Å²) in [4.78, 5) is 45.0. The largest absolute Gasteiger partial charge is 0.486 e. The maximum atomic E-state index is 14.0. The molecule has 6 aromatic rings. The molecular formula is C55H62Cl2F2N6O8. The van der Waals surface area contributed by atoms with Gasteiger partial charge in [0.25, 0.3) is 11.1 Å². The van der Waals surface area contributed by atoms with Crippen molar-refractivity contribution in [3.8, 4) is 23.0 Å². The number of rotatable bonds is 12. The number of hydrogen-bond donors (Lipinski definition) is 1. The third kappa shape index (κ3) is 13.1. The summed E-state index contributed by atoms with van der Waals surface area (Å²) < 4.78 is 59.4. The van der Waals surface area contributed by atoms with E-state index in [9.17, 15) is 23.2 Å². The highest BCUT2D eigenvalue weighted by molar-refractivity contribution is 6.35. The second kappa shape index (κ2) is 23.1. The predicted octanol–water partition coefficient (Wildman–Crippen LogP) is 9.29. The smallest absolute Gasteiger partial charge is 0.410 e. The molecule has 2 fully saturated rings. The first kappa shape index (κ1) is 52.0. The summed E-state index contributed by atoms with van der Waals surface area (Å²) in [5, 5.41) is 5.67. The molecule has 4 aliphatic heterocycles. The second-order valence-corrected chi connectivity index (χ2v) is 20.7. The first-order valence-corrected chi connectivity index (χ1v) is 25.8. The van der Waals surface area contributed by atoms with Crippen LogP contribution in [0, 0.1) is 11.6 Å². The van der Waals surface area contributed by atoms with E-state index in [1.165, 1.54) is 42.0 Å². The van der Waals surface area contributed by atoms with E-state index in [2.05, 4.69) is 21.2 Å². The van der Waals surface area contributed by atoms with Crippen LogP contribution >= 0.6 is 23.2 Å². The van der Waals surface area contributed by atoms with Gasteiger partial charge in [-0.05, 0) is 131 Å². The van der Waals surface area contributed by atoms with Crippen molar-refractivity contribution in [3.05, 3.63) is 138 Å². The number of hydrogen-bond acceptors (Lipinski definition) is 11. The number of aromatic nitrogens is 2. The zero-order chi connectivity index (χ0) is 51.2. The SMILES string of the molecule is CC(C)(C)OC(=O)N(Cc1ccc2c(c1)OCCO2)C1CCN(CCn2c(=O)cc(Cl)c3ccc(F)cc32)CC1.O=c1cc(Cl)c2ccc(F)cc2n1CCN1CCC(NCc2ccc3c(c2)OCCO3)CC1. The molecular weight excluding hydrogens is 982 g/mol. The lowest BCUT2D eigenvalue weighted by Gasteiger charge is -2.39. The maximum absolute atomic E-state index is 14.0. The highest BCUT2D eigenvalue weighted by Gasteiger charge is 2.32. The highest BCUT2D eigenvalue weighted by atomic mass is 35.5. The third-order valence-electron chi connectivity index (χ3n) is 13.7. The fourth-order valence-corrected chi connectivity index (χ4v) is 10.4. The van der Waals surface area contributed by atoms with E-state index in [-0.39, 0.29) is 29.1 Å². The van der Waals surface area contributed by atoms with E-state index < -0.39 is 11.4 Å². The number of pyridine rings is 2. The van der Waals surface area contributed by atoms with Gasteiger partial charge in [0, 0.05) is 87.3 Å². The lowest BCUT2D eigenvalue weighted by molar-refractivity contribution is 0.00562. The molecule has 388 valence electrons. The van der Waals surface area contributed by atoms with Crippen molar-refractivity contribution in [1.82, 2.24) is 29.2 Å². The van der Waals surface area contributed by atoms with Crippen molar-refractivity contribution in [2.45, 2.75) is 90.3 Å². The normalized spacial score (nSPS) is 16.5. The van der Waals surface area contributed by atoms with Crippen LogP contribution in [-0.4, -0.2) is 113 Å². The Kier molecular flexibility index (Phi) is 16.4. The van der Waals surface area contributed by atoms with Crippen LogP contribution in [0.5, 0.6) is 23.0 Å². The van der Waals surface area contributed by atoms with Gasteiger partial charge in [0.05, 0.1) is 21.1 Å². The first-order chi connectivity index (χ1) is 35.1. The molecule has 1 amide bonds. The van der Waals surface area contributed by atoms with E-state index in [4.69, 9.17) is 46.9 Å². The Morgan fingerprint density at radius 1 is 0.630 bits per heavy atom. The van der Waals surface area contributed by atoms with Gasteiger partial charge in [-0.1, -0.05) is 35.3 Å². The molecule has 0 saturated carbocycles. The van der Waals surface area contributed by atoms with Gasteiger partial charge in [0.15, 0.2) is 23.0 Å². The number of benzene rings is 4. The van der Waals surface area contributed by atoms with Gasteiger partial charge < -0.3 is 52.8 Å². The first-order valence-electron chi connectivity index (χ1n) is 25.1. The van der Waals surface area contributed by atoms with E-state index in [1.807, 2.05) is 56.0 Å². The van der Waals surface area contributed by atoms with Gasteiger partial charge in [0.2, 0.25) is 0 Å². The number of carbonyl (C=O) groups is 1. The summed E-state index contributed by atoms with van der Waals surface area (Å²) in [6.45, 7) is 14.7. The fourth-order valence-electron chi connectivity index (χ4n) is 9.89. The Morgan fingerprint density at radius 2 is 1.10 bits per heavy atom. The van der Waals surface area contributed by atoms with Crippen molar-refractivity contribution in [3.63, 3.8) is 0 Å². The van der Waals surface area contributed by atoms with E-state index in [0.29, 0.717) is 102 Å². The number of halogens is 4. The number of nitrogens with one attached hydrogen (secondary N) is 1. The molecule has 73 heavy (non-hydrogen) atoms. The predicted molar refractivity (Wildman–Crippen MR) is 279 cm³/mol. The fraction of sp³-hybridized carbons (Fsp3) is 0.436. The average molecular weight is 1040 g/mol. The summed E-state index contributed by atoms with van der Waals surface area (Å²) in [6.07, 6.45) is 3.25. The number of ether oxygens (including phenoxy) is 5. The summed E-state index contributed by atoms with van der Waals surface area (Å²) in [7, 11) is 0. The molecule has 2 saturated heterocycles. The van der Waals surface area contributed by atoms with Crippen LogP contribution < -0.4 is 35.4 Å². The van der Waals surface area contributed by atoms with Gasteiger partial charge in [0.1, 0.15) is 43.7 Å². The molecule has 0 spiro atoms. The van der Waals surface area contributed by atoms with E-state index in [1.54, 1.807) is 21.3 Å². The number of amides is 1. The van der Waals surface area contributed by atoms with Crippen LogP contribution in [0.15, 0.2) is 94.5 Å². The standard InChI is InChI=1S/C30H35ClFN3O5.C25H27ClFN3O3/c1-30(2,3)40-29(37)35(19-20-4-7-26-27(16-20)39-15-14-38-26)22-8-10-33(11-9-22)12-13-34-25-17-21(32)5-6-23(25)24(31)18-28(34)36;26-21-15-25(31)30(22-14-18(27)2-3-20(21)22)10-9-29-7-5-19(6-8-29)28-16-17-1-4-23-24(13-17)33-12-11-32-23/h4-7,16-18,22H,8-15,19H2,1-3H3;1-4,13-15,19,28H,5-12,16H2. The molecule has 0 bridgehead atoms. The van der Waals surface area contributed by atoms with Crippen molar-refractivity contribution in [1.29, 1.82) is 0 Å². The molecule has 1 N–H and O–H groups in total. The third-order valence-corrected chi connectivity index (χ3v) is 14.3. The van der Waals surface area contributed by atoms with Crippen LogP contribution in [0.4, 0.5) is 13.6 Å². The molecule has 2 aromatic heterocycles. The maximum Gasteiger partial charge on any atom is 0.410 e. The quantitative estimate of drug-likeness (QED) is 0.126. The van der Waals surface area contributed by atoms with Crippen LogP contribution in [-0.2, 0) is 30.9 Å². The summed E-state index contributed by atoms with van der Waals surface area (Å²) >= 11 is 12.4. The summed E-state index contributed by atoms with van der Waals surface area (Å²) in [5.74, 6) is 2.25. The van der Waals surface area contributed by atoms with Crippen molar-refractivity contribution < 1.29 is 37.3 Å². The van der Waals surface area contributed by atoms with Crippen molar-refractivity contribution >= 4 is 51.1 Å². The lowest BCUT2D eigenvalue weighted by atomic mass is 10.0. The topological polar surface area (TPSA) is 129 Å². The van der Waals surface area contributed by atoms with Crippen LogP contribution in [0.25, 0.3) is 21.8 Å². The van der Waals surface area contributed by atoms with Gasteiger partial charge >= 0.3 is 6.09 Å². The monoisotopic (exact) mass is 1040 g/mol. The minimum atomic E-state index is -0.614. The van der Waals surface area contributed by atoms with E-state index in [0.717, 1.165) is 82.0 Å². The van der Waals surface area contributed by atoms with Crippen molar-refractivity contribution in [2.24, 2.45) is 0 Å². The highest BCUT2D eigenvalue weighted by Crippen LogP contribution is 2.33. The number of carbonyl (C=O) groups excluding carboxylic acids is 1. The molecule has 10 rings (SSSR count). The Bertz CT molecular complexity index is 3060. The van der Waals surface area contributed by atoms with Gasteiger partial charge in [-0.25, -0.2) is 13.6 Å². The molecule has 6 heterocycles. The molecule has 18 heteroatoms. The molecule has 4 aromatic carbocycles. The molecule has 0 radical (unpaired) electrons. The Hall–Kier alpha value is -5.91. The Labute approximate surface area is 433 Å². The van der Waals surface area contributed by atoms with Crippen LogP contribution in [0.1, 0.15) is 57.6 Å². The van der Waals surface area contributed by atoms with Gasteiger partial charge in [-0.2, -0.15) is 0 Å². The molecule has 0 atom stereocenters. The molecule has 0 aliphatic carbocycles. The number of nitrogens with zero attached hydrogens (tertiary/aromatic N) is 5. The average Bonchev–Trinajstić information content (AvgIpc) is 3.37. The van der Waals surface area contributed by atoms with Gasteiger partial charge in [-0.3, -0.25) is 9.59 Å². The number of piperidine rings is 2. The molecule has 0 unspecified atom stereocenters. The minimum absolute atomic E-state index is 0.00696. The molecule has 14 nitrogen and oxygen atoms in total. The Balaban J connectivity index is 0.000000183. The molecule has 4 aliphatic rings. The summed E-state index contributed by atoms with van der Waals surface area (Å²) in [6, 6.07) is 23.8. The zero-order valence-corrected chi connectivity index (χ0v) is 43.0.